The van der Waals surface area contributed by atoms with Gasteiger partial charge in [-0.3, -0.25) is 14.4 Å². The van der Waals surface area contributed by atoms with Crippen molar-refractivity contribution in [1.82, 2.24) is 4.90 Å². The molecule has 4 unspecified atom stereocenters. The molecule has 0 aromatic carbocycles. The van der Waals surface area contributed by atoms with Crippen molar-refractivity contribution in [2.45, 2.75) is 90.9 Å². The number of carboxylic acids is 2. The van der Waals surface area contributed by atoms with Crippen LogP contribution in [0.15, 0.2) is 0 Å². The van der Waals surface area contributed by atoms with Gasteiger partial charge in [0.25, 0.3) is 0 Å². The Balaban J connectivity index is 2.02. The van der Waals surface area contributed by atoms with E-state index in [0.717, 1.165) is 51.5 Å². The molecule has 0 aromatic rings. The molecule has 2 N–H and O–H groups in total. The third kappa shape index (κ3) is 8.38. The monoisotopic (exact) mass is 453 g/mol. The quantitative estimate of drug-likeness (QED) is 0.310. The lowest BCUT2D eigenvalue weighted by atomic mass is 9.47. The van der Waals surface area contributed by atoms with E-state index in [1.807, 2.05) is 14.1 Å². The lowest BCUT2D eigenvalue weighted by molar-refractivity contribution is -0.145. The van der Waals surface area contributed by atoms with Gasteiger partial charge >= 0.3 is 17.9 Å². The Morgan fingerprint density at radius 3 is 1.94 bits per heavy atom. The van der Waals surface area contributed by atoms with Crippen molar-refractivity contribution in [2.24, 2.45) is 22.2 Å². The second-order valence-electron chi connectivity index (χ2n) is 11.6. The van der Waals surface area contributed by atoms with Crippen molar-refractivity contribution in [3.05, 3.63) is 0 Å². The molecule has 32 heavy (non-hydrogen) atoms. The molecule has 2 fully saturated rings. The van der Waals surface area contributed by atoms with Crippen LogP contribution in [0, 0.1) is 22.2 Å². The van der Waals surface area contributed by atoms with Gasteiger partial charge in [-0.2, -0.15) is 0 Å². The Morgan fingerprint density at radius 1 is 0.875 bits per heavy atom. The minimum absolute atomic E-state index is 0.0157. The SMILES string of the molecule is CN(C)CCCOC(=O)CCC1(C)CC2CC(C)(CCC(=O)O)CC(CCC(=O)O)(C2)C1. The zero-order chi connectivity index (χ0) is 24.0. The molecule has 2 bridgehead atoms. The zero-order valence-electron chi connectivity index (χ0n) is 20.5. The lowest BCUT2D eigenvalue weighted by Gasteiger charge is -2.58. The van der Waals surface area contributed by atoms with Gasteiger partial charge in [-0.05, 0) is 94.0 Å². The van der Waals surface area contributed by atoms with Crippen molar-refractivity contribution in [1.29, 1.82) is 0 Å². The minimum Gasteiger partial charge on any atom is -0.481 e. The van der Waals surface area contributed by atoms with Gasteiger partial charge in [0.1, 0.15) is 0 Å². The summed E-state index contributed by atoms with van der Waals surface area (Å²) in [6.07, 6.45) is 8.36. The predicted molar refractivity (Wildman–Crippen MR) is 122 cm³/mol. The first-order valence-electron chi connectivity index (χ1n) is 12.1. The summed E-state index contributed by atoms with van der Waals surface area (Å²) >= 11 is 0. The van der Waals surface area contributed by atoms with E-state index in [-0.39, 0.29) is 35.1 Å². The number of hydrogen-bond acceptors (Lipinski definition) is 5. The molecular formula is C25H43NO6. The molecule has 0 heterocycles. The first kappa shape index (κ1) is 26.6. The molecule has 0 aliphatic heterocycles. The molecular weight excluding hydrogens is 410 g/mol. The molecule has 184 valence electrons. The number of esters is 1. The molecule has 0 aromatic heterocycles. The van der Waals surface area contributed by atoms with E-state index in [2.05, 4.69) is 18.7 Å². The number of ether oxygens (including phenoxy) is 1. The van der Waals surface area contributed by atoms with Crippen LogP contribution in [0.5, 0.6) is 0 Å². The van der Waals surface area contributed by atoms with E-state index in [9.17, 15) is 24.6 Å². The second-order valence-corrected chi connectivity index (χ2v) is 11.6. The molecule has 2 aliphatic carbocycles. The Hall–Kier alpha value is -1.63. The number of fused-ring (bicyclic) bond motifs is 2. The normalized spacial score (nSPS) is 32.0. The third-order valence-corrected chi connectivity index (χ3v) is 7.65. The second kappa shape index (κ2) is 11.0. The fraction of sp³-hybridized carbons (Fsp3) is 0.880. The highest BCUT2D eigenvalue weighted by molar-refractivity contribution is 5.69. The summed E-state index contributed by atoms with van der Waals surface area (Å²) in [4.78, 5) is 36.9. The van der Waals surface area contributed by atoms with Gasteiger partial charge in [0.15, 0.2) is 0 Å². The number of carbonyl (C=O) groups is 3. The third-order valence-electron chi connectivity index (χ3n) is 7.65. The average molecular weight is 454 g/mol. The number of nitrogens with zero attached hydrogens (tertiary/aromatic N) is 1. The van der Waals surface area contributed by atoms with Crippen molar-refractivity contribution in [2.75, 3.05) is 27.2 Å². The van der Waals surface area contributed by atoms with Crippen LogP contribution in [-0.4, -0.2) is 60.3 Å². The maximum atomic E-state index is 12.3. The first-order chi connectivity index (χ1) is 14.8. The van der Waals surface area contributed by atoms with E-state index in [0.29, 0.717) is 31.8 Å². The van der Waals surface area contributed by atoms with Crippen molar-refractivity contribution < 1.29 is 29.3 Å². The molecule has 4 atom stereocenters. The highest BCUT2D eigenvalue weighted by atomic mass is 16.5. The van der Waals surface area contributed by atoms with Crippen LogP contribution in [0.4, 0.5) is 0 Å². The van der Waals surface area contributed by atoms with Crippen LogP contribution in [0.25, 0.3) is 0 Å². The summed E-state index contributed by atoms with van der Waals surface area (Å²) in [5.74, 6) is -1.24. The largest absolute Gasteiger partial charge is 0.481 e. The standard InChI is InChI=1S/C25H43NO6/c1-23(9-6-20(27)28)14-19-15-24(2,10-8-22(31)32-13-5-12-26(3)4)18-25(16-19,17-23)11-7-21(29)30/h19H,5-18H2,1-4H3,(H,27,28)(H,29,30). The first-order valence-corrected chi connectivity index (χ1v) is 12.1. The van der Waals surface area contributed by atoms with E-state index >= 15 is 0 Å². The maximum Gasteiger partial charge on any atom is 0.305 e. The van der Waals surface area contributed by atoms with Gasteiger partial charge in [0.2, 0.25) is 0 Å². The van der Waals surface area contributed by atoms with Crippen molar-refractivity contribution in [3.8, 4) is 0 Å². The molecule has 2 rings (SSSR count). The molecule has 7 heteroatoms. The fourth-order valence-corrected chi connectivity index (χ4v) is 6.87. The van der Waals surface area contributed by atoms with Crippen LogP contribution in [0.1, 0.15) is 90.9 Å². The molecule has 0 amide bonds. The molecule has 2 aliphatic rings. The summed E-state index contributed by atoms with van der Waals surface area (Å²) in [5.41, 5.74) is -0.165. The smallest absolute Gasteiger partial charge is 0.305 e. The molecule has 0 spiro atoms. The van der Waals surface area contributed by atoms with E-state index in [1.54, 1.807) is 0 Å². The molecule has 0 radical (unpaired) electrons. The van der Waals surface area contributed by atoms with E-state index < -0.39 is 11.9 Å². The van der Waals surface area contributed by atoms with Crippen LogP contribution in [0.3, 0.4) is 0 Å². The Kier molecular flexibility index (Phi) is 9.15. The molecule has 7 nitrogen and oxygen atoms in total. The highest BCUT2D eigenvalue weighted by Crippen LogP contribution is 2.63. The number of hydrogen-bond donors (Lipinski definition) is 2. The van der Waals surface area contributed by atoms with Crippen molar-refractivity contribution in [3.63, 3.8) is 0 Å². The van der Waals surface area contributed by atoms with Gasteiger partial charge in [-0.25, -0.2) is 0 Å². The van der Waals surface area contributed by atoms with E-state index in [1.165, 1.54) is 0 Å². The Bertz CT molecular complexity index is 677. The van der Waals surface area contributed by atoms with Crippen LogP contribution >= 0.6 is 0 Å². The Morgan fingerprint density at radius 2 is 1.41 bits per heavy atom. The van der Waals surface area contributed by atoms with E-state index in [4.69, 9.17) is 4.74 Å². The fourth-order valence-electron chi connectivity index (χ4n) is 6.87. The molecule has 2 saturated carbocycles. The number of rotatable bonds is 13. The summed E-state index contributed by atoms with van der Waals surface area (Å²) in [6, 6.07) is 0. The highest BCUT2D eigenvalue weighted by Gasteiger charge is 2.53. The topological polar surface area (TPSA) is 104 Å². The Labute approximate surface area is 192 Å². The number of aliphatic carboxylic acids is 2. The van der Waals surface area contributed by atoms with Crippen LogP contribution in [0.2, 0.25) is 0 Å². The van der Waals surface area contributed by atoms with Gasteiger partial charge in [-0.15, -0.1) is 0 Å². The lowest BCUT2D eigenvalue weighted by Crippen LogP contribution is -2.48. The summed E-state index contributed by atoms with van der Waals surface area (Å²) in [7, 11) is 3.99. The van der Waals surface area contributed by atoms with Gasteiger partial charge in [0.05, 0.1) is 6.61 Å². The summed E-state index contributed by atoms with van der Waals surface area (Å²) in [6.45, 7) is 5.76. The van der Waals surface area contributed by atoms with Crippen molar-refractivity contribution >= 4 is 17.9 Å². The minimum atomic E-state index is -0.776. The van der Waals surface area contributed by atoms with Crippen LogP contribution in [-0.2, 0) is 19.1 Å². The average Bonchev–Trinajstić information content (AvgIpc) is 2.66. The number of carbonyl (C=O) groups excluding carboxylic acids is 1. The molecule has 0 saturated heterocycles. The zero-order valence-corrected chi connectivity index (χ0v) is 20.5. The summed E-state index contributed by atoms with van der Waals surface area (Å²) < 4.78 is 5.42. The van der Waals surface area contributed by atoms with Gasteiger partial charge in [-0.1, -0.05) is 13.8 Å². The van der Waals surface area contributed by atoms with Gasteiger partial charge < -0.3 is 19.8 Å². The predicted octanol–water partition coefficient (Wildman–Crippen LogP) is 4.58. The summed E-state index contributed by atoms with van der Waals surface area (Å²) in [5, 5.41) is 18.5. The van der Waals surface area contributed by atoms with Gasteiger partial charge in [0, 0.05) is 25.8 Å². The maximum absolute atomic E-state index is 12.3. The number of carboxylic acid groups (broad SMARTS) is 2. The van der Waals surface area contributed by atoms with Crippen LogP contribution < -0.4 is 0 Å².